The van der Waals surface area contributed by atoms with Gasteiger partial charge in [0.2, 0.25) is 11.8 Å². The molecule has 6 rings (SSSR count). The van der Waals surface area contributed by atoms with Crippen LogP contribution in [0.25, 0.3) is 10.9 Å². The molecule has 10 nitrogen and oxygen atoms in total. The number of nitrogens with zero attached hydrogens (tertiary/aromatic N) is 3. The van der Waals surface area contributed by atoms with Crippen LogP contribution in [0.15, 0.2) is 60.9 Å². The number of piperidine rings is 1. The molecule has 12 heteroatoms. The third kappa shape index (κ3) is 6.86. The molecule has 46 heavy (non-hydrogen) atoms. The Morgan fingerprint density at radius 1 is 0.957 bits per heavy atom. The molecule has 0 bridgehead atoms. The number of benzene rings is 3. The van der Waals surface area contributed by atoms with Crippen molar-refractivity contribution in [1.82, 2.24) is 14.9 Å². The van der Waals surface area contributed by atoms with Gasteiger partial charge in [0.25, 0.3) is 0 Å². The van der Waals surface area contributed by atoms with E-state index >= 15 is 4.39 Å². The van der Waals surface area contributed by atoms with E-state index in [9.17, 15) is 14.0 Å². The van der Waals surface area contributed by atoms with Crippen LogP contribution >= 0.6 is 0 Å². The quantitative estimate of drug-likeness (QED) is 0.187. The van der Waals surface area contributed by atoms with Gasteiger partial charge in [-0.2, -0.15) is 0 Å². The lowest BCUT2D eigenvalue weighted by Crippen LogP contribution is -2.35. The van der Waals surface area contributed by atoms with Crippen LogP contribution in [0.1, 0.15) is 25.7 Å². The molecule has 2 aliphatic rings. The maximum atomic E-state index is 15.3. The summed E-state index contributed by atoms with van der Waals surface area (Å²) in [4.78, 5) is 36.8. The highest BCUT2D eigenvalue weighted by molar-refractivity contribution is 6.14. The topological polar surface area (TPSA) is 115 Å². The van der Waals surface area contributed by atoms with Crippen molar-refractivity contribution in [2.75, 3.05) is 51.0 Å². The average Bonchev–Trinajstić information content (AvgIpc) is 3.88. The molecule has 2 N–H and O–H groups in total. The van der Waals surface area contributed by atoms with Gasteiger partial charge in [-0.1, -0.05) is 0 Å². The molecule has 4 aromatic rings. The predicted molar refractivity (Wildman–Crippen MR) is 168 cm³/mol. The van der Waals surface area contributed by atoms with E-state index in [1.165, 1.54) is 42.7 Å². The van der Waals surface area contributed by atoms with Gasteiger partial charge in [-0.3, -0.25) is 9.59 Å². The number of fused-ring (bicyclic) bond motifs is 1. The Balaban J connectivity index is 1.12. The summed E-state index contributed by atoms with van der Waals surface area (Å²) < 4.78 is 46.0. The highest BCUT2D eigenvalue weighted by atomic mass is 19.1. The van der Waals surface area contributed by atoms with Gasteiger partial charge in [-0.15, -0.1) is 0 Å². The fraction of sp³-hybridized carbons (Fsp3) is 0.353. The van der Waals surface area contributed by atoms with Gasteiger partial charge in [0, 0.05) is 23.5 Å². The maximum Gasteiger partial charge on any atom is 0.238 e. The van der Waals surface area contributed by atoms with Gasteiger partial charge in [-0.05, 0) is 94.2 Å². The maximum absolute atomic E-state index is 15.3. The number of hydrogen-bond acceptors (Lipinski definition) is 9. The molecule has 1 aromatic heterocycles. The second kappa shape index (κ2) is 13.3. The van der Waals surface area contributed by atoms with Crippen LogP contribution < -0.4 is 24.8 Å². The molecule has 2 fully saturated rings. The number of anilines is 2. The van der Waals surface area contributed by atoms with E-state index in [-0.39, 0.29) is 35.5 Å². The van der Waals surface area contributed by atoms with Crippen LogP contribution in [0.2, 0.25) is 0 Å². The van der Waals surface area contributed by atoms with Gasteiger partial charge < -0.3 is 29.7 Å². The number of Topliss-reactive ketones (excluding diaryl/α,β-unsaturated/α-hetero) is 1. The third-order valence-corrected chi connectivity index (χ3v) is 8.61. The predicted octanol–water partition coefficient (Wildman–Crippen LogP) is 5.83. The molecule has 0 spiro atoms. The summed E-state index contributed by atoms with van der Waals surface area (Å²) in [6, 6.07) is 13.1. The molecule has 0 atom stereocenters. The molecule has 1 amide bonds. The summed E-state index contributed by atoms with van der Waals surface area (Å²) in [5.74, 6) is -0.428. The number of halogens is 2. The molecule has 1 saturated carbocycles. The first-order valence-corrected chi connectivity index (χ1v) is 15.2. The Labute approximate surface area is 265 Å². The van der Waals surface area contributed by atoms with Gasteiger partial charge in [-0.25, -0.2) is 18.7 Å². The third-order valence-electron chi connectivity index (χ3n) is 8.61. The van der Waals surface area contributed by atoms with Gasteiger partial charge in [0.05, 0.1) is 31.2 Å². The summed E-state index contributed by atoms with van der Waals surface area (Å²) in [6.45, 7) is 2.50. The molecule has 0 radical (unpaired) electrons. The lowest BCUT2D eigenvalue weighted by atomic mass is 9.98. The zero-order valence-corrected chi connectivity index (χ0v) is 25.6. The number of likely N-dealkylation sites (tertiary alicyclic amines) is 1. The van der Waals surface area contributed by atoms with E-state index in [0.29, 0.717) is 53.5 Å². The minimum atomic E-state index is -1.19. The summed E-state index contributed by atoms with van der Waals surface area (Å²) in [6.07, 6.45) is 4.19. The van der Waals surface area contributed by atoms with Crippen LogP contribution in [0.4, 0.5) is 20.2 Å². The number of ketones is 1. The number of amides is 1. The fourth-order valence-electron chi connectivity index (χ4n) is 5.52. The Morgan fingerprint density at radius 3 is 2.39 bits per heavy atom. The van der Waals surface area contributed by atoms with Crippen molar-refractivity contribution in [3.8, 4) is 23.1 Å². The minimum absolute atomic E-state index is 0.0934. The van der Waals surface area contributed by atoms with Crippen molar-refractivity contribution in [3.05, 3.63) is 72.6 Å². The van der Waals surface area contributed by atoms with E-state index in [4.69, 9.17) is 14.2 Å². The van der Waals surface area contributed by atoms with Gasteiger partial charge in [0.1, 0.15) is 17.6 Å². The van der Waals surface area contributed by atoms with Crippen molar-refractivity contribution in [1.29, 1.82) is 0 Å². The standard InChI is InChI=1S/C34H35F2N5O5/c1-41-13-9-21(10-14-41)19-45-30-16-25-27(17-29(30)44-2)38-20-39-32(25)46-28-8-7-24(15-26(28)36)40-33(43)34(11-12-34)31(42)18-37-23-5-3-22(35)4-6-23/h3-8,15-17,20-21,37H,9-14,18-19H2,1-2H3,(H,40,43). The van der Waals surface area contributed by atoms with E-state index in [0.717, 1.165) is 32.0 Å². The summed E-state index contributed by atoms with van der Waals surface area (Å²) in [5, 5.41) is 6.10. The number of nitrogens with one attached hydrogen (secondary N) is 2. The number of ether oxygens (including phenoxy) is 3. The average molecular weight is 632 g/mol. The van der Waals surface area contributed by atoms with Crippen molar-refractivity contribution in [3.63, 3.8) is 0 Å². The Morgan fingerprint density at radius 2 is 1.70 bits per heavy atom. The number of carbonyl (C=O) groups is 2. The highest BCUT2D eigenvalue weighted by Gasteiger charge is 2.55. The van der Waals surface area contributed by atoms with Gasteiger partial charge >= 0.3 is 0 Å². The van der Waals surface area contributed by atoms with Crippen molar-refractivity contribution < 1.29 is 32.6 Å². The fourth-order valence-corrected chi connectivity index (χ4v) is 5.52. The van der Waals surface area contributed by atoms with Gasteiger partial charge in [0.15, 0.2) is 28.8 Å². The molecular weight excluding hydrogens is 596 g/mol. The van der Waals surface area contributed by atoms with Crippen LogP contribution in [0.5, 0.6) is 23.1 Å². The van der Waals surface area contributed by atoms with Crippen LogP contribution in [0.3, 0.4) is 0 Å². The second-order valence-corrected chi connectivity index (χ2v) is 11.8. The summed E-state index contributed by atoms with van der Waals surface area (Å²) in [7, 11) is 3.67. The summed E-state index contributed by atoms with van der Waals surface area (Å²) >= 11 is 0. The highest BCUT2D eigenvalue weighted by Crippen LogP contribution is 2.47. The molecule has 1 aliphatic carbocycles. The number of rotatable bonds is 12. The molecule has 3 aromatic carbocycles. The first-order valence-electron chi connectivity index (χ1n) is 15.2. The zero-order valence-electron chi connectivity index (χ0n) is 25.6. The minimum Gasteiger partial charge on any atom is -0.493 e. The monoisotopic (exact) mass is 631 g/mol. The molecular formula is C34H35F2N5O5. The van der Waals surface area contributed by atoms with Crippen molar-refractivity contribution in [2.24, 2.45) is 11.3 Å². The van der Waals surface area contributed by atoms with Crippen LogP contribution in [-0.2, 0) is 9.59 Å². The Hall–Kier alpha value is -4.84. The van der Waals surface area contributed by atoms with E-state index in [1.54, 1.807) is 19.2 Å². The molecule has 2 heterocycles. The van der Waals surface area contributed by atoms with E-state index in [2.05, 4.69) is 32.5 Å². The largest absolute Gasteiger partial charge is 0.493 e. The Kier molecular flexibility index (Phi) is 8.98. The van der Waals surface area contributed by atoms with E-state index in [1.807, 2.05) is 0 Å². The van der Waals surface area contributed by atoms with Crippen LogP contribution in [-0.4, -0.2) is 67.0 Å². The normalized spacial score (nSPS) is 16.1. The van der Waals surface area contributed by atoms with Crippen LogP contribution in [0, 0.1) is 23.0 Å². The number of aromatic nitrogens is 2. The molecule has 1 aliphatic heterocycles. The lowest BCUT2D eigenvalue weighted by molar-refractivity contribution is -0.131. The number of carbonyl (C=O) groups excluding carboxylic acids is 2. The molecule has 1 saturated heterocycles. The second-order valence-electron chi connectivity index (χ2n) is 11.8. The molecule has 0 unspecified atom stereocenters. The Bertz CT molecular complexity index is 1740. The SMILES string of the molecule is COc1cc2ncnc(Oc3ccc(NC(=O)C4(C(=O)CNc5ccc(F)cc5)CC4)cc3F)c2cc1OCC1CCN(C)CC1. The number of hydrogen-bond donors (Lipinski definition) is 2. The van der Waals surface area contributed by atoms with Crippen molar-refractivity contribution >= 4 is 34.0 Å². The smallest absolute Gasteiger partial charge is 0.238 e. The summed E-state index contributed by atoms with van der Waals surface area (Å²) in [5.41, 5.74) is 0.0937. The van der Waals surface area contributed by atoms with E-state index < -0.39 is 17.1 Å². The molecule has 240 valence electrons. The number of methoxy groups -OCH3 is 1. The lowest BCUT2D eigenvalue weighted by Gasteiger charge is -2.28. The van der Waals surface area contributed by atoms with Crippen molar-refractivity contribution in [2.45, 2.75) is 25.7 Å². The first-order chi connectivity index (χ1) is 22.2. The zero-order chi connectivity index (χ0) is 32.3. The first kappa shape index (κ1) is 31.2.